The van der Waals surface area contributed by atoms with Crippen LogP contribution in [0.1, 0.15) is 0 Å². The molecule has 0 unspecified atom stereocenters. The van der Waals surface area contributed by atoms with Gasteiger partial charge in [0, 0.05) is 69.8 Å². The first kappa shape index (κ1) is 15.4. The second kappa shape index (κ2) is 5.55. The van der Waals surface area contributed by atoms with E-state index in [4.69, 9.17) is 11.6 Å². The smallest absolute Gasteiger partial charge is 0.0502 e. The van der Waals surface area contributed by atoms with Gasteiger partial charge < -0.3 is 14.9 Å². The molecule has 3 nitrogen and oxygen atoms in total. The van der Waals surface area contributed by atoms with Crippen LogP contribution in [-0.2, 0) is 7.05 Å². The van der Waals surface area contributed by atoms with E-state index in [1.165, 1.54) is 32.6 Å². The molecule has 0 spiro atoms. The van der Waals surface area contributed by atoms with Crippen LogP contribution in [0.25, 0.3) is 43.7 Å². The summed E-state index contributed by atoms with van der Waals surface area (Å²) in [4.78, 5) is 3.29. The Kier molecular flexibility index (Phi) is 3.28. The average Bonchev–Trinajstić information content (AvgIpc) is 3.25. The second-order valence-corrected chi connectivity index (χ2v) is 7.03. The Bertz CT molecular complexity index is 1290. The summed E-state index contributed by atoms with van der Waals surface area (Å²) in [6, 6.07) is 16.8. The molecule has 26 heavy (non-hydrogen) atoms. The maximum Gasteiger partial charge on any atom is 0.0502 e. The number of hydrogen-bond donors (Lipinski definition) is 2. The van der Waals surface area contributed by atoms with E-state index >= 15 is 0 Å². The van der Waals surface area contributed by atoms with Gasteiger partial charge in [0.15, 0.2) is 0 Å². The Morgan fingerprint density at radius 3 is 2.50 bits per heavy atom. The monoisotopic (exact) mass is 359 g/mol. The zero-order valence-corrected chi connectivity index (χ0v) is 15.4. The number of H-pyrrole nitrogens is 1. The van der Waals surface area contributed by atoms with Crippen molar-refractivity contribution in [3.8, 4) is 11.1 Å². The molecule has 0 aliphatic rings. The molecule has 0 fully saturated rings. The van der Waals surface area contributed by atoms with Crippen LogP contribution in [0.4, 0.5) is 5.69 Å². The minimum atomic E-state index is 0.769. The number of nitrogens with zero attached hydrogens (tertiary/aromatic N) is 1. The molecule has 5 rings (SSSR count). The van der Waals surface area contributed by atoms with Crippen molar-refractivity contribution in [3.05, 3.63) is 65.9 Å². The highest BCUT2D eigenvalue weighted by molar-refractivity contribution is 6.34. The molecular formula is C22H18ClN3. The minimum absolute atomic E-state index is 0.769. The number of halogens is 1. The number of aromatic amines is 1. The van der Waals surface area contributed by atoms with Crippen LogP contribution in [-0.4, -0.2) is 16.6 Å². The standard InChI is InChI=1S/C22H18ClN3/c1-24-13-7-8-20-16(9-13)22-18-12-25-11-17(18)15(10-21(22)26(20)2)14-5-3-4-6-19(14)23/h3-12,24-25H,1-2H3. The Morgan fingerprint density at radius 1 is 0.885 bits per heavy atom. The molecule has 2 N–H and O–H groups in total. The quantitative estimate of drug-likeness (QED) is 0.388. The van der Waals surface area contributed by atoms with Gasteiger partial charge in [-0.25, -0.2) is 0 Å². The van der Waals surface area contributed by atoms with Crippen molar-refractivity contribution in [1.82, 2.24) is 9.55 Å². The third-order valence-corrected chi connectivity index (χ3v) is 5.61. The highest BCUT2D eigenvalue weighted by Crippen LogP contribution is 2.41. The lowest BCUT2D eigenvalue weighted by Crippen LogP contribution is -1.89. The van der Waals surface area contributed by atoms with Gasteiger partial charge in [0.2, 0.25) is 0 Å². The molecule has 0 bridgehead atoms. The van der Waals surface area contributed by atoms with E-state index in [0.717, 1.165) is 21.8 Å². The lowest BCUT2D eigenvalue weighted by molar-refractivity contribution is 1.01. The van der Waals surface area contributed by atoms with Gasteiger partial charge in [-0.15, -0.1) is 0 Å². The van der Waals surface area contributed by atoms with Gasteiger partial charge in [0.05, 0.1) is 5.52 Å². The van der Waals surface area contributed by atoms with Crippen LogP contribution < -0.4 is 5.32 Å². The number of aromatic nitrogens is 2. The van der Waals surface area contributed by atoms with E-state index in [0.29, 0.717) is 0 Å². The van der Waals surface area contributed by atoms with Gasteiger partial charge in [-0.2, -0.15) is 0 Å². The van der Waals surface area contributed by atoms with Crippen LogP contribution in [0, 0.1) is 0 Å². The van der Waals surface area contributed by atoms with Gasteiger partial charge in [-0.3, -0.25) is 0 Å². The van der Waals surface area contributed by atoms with Crippen LogP contribution in [0.5, 0.6) is 0 Å². The predicted octanol–water partition coefficient (Wildman–Crippen LogP) is 6.17. The topological polar surface area (TPSA) is 32.8 Å². The molecule has 4 heteroatoms. The summed E-state index contributed by atoms with van der Waals surface area (Å²) < 4.78 is 2.26. The number of nitrogens with one attached hydrogen (secondary N) is 2. The maximum atomic E-state index is 6.51. The summed E-state index contributed by atoms with van der Waals surface area (Å²) in [6.45, 7) is 0. The molecule has 2 heterocycles. The summed E-state index contributed by atoms with van der Waals surface area (Å²) in [5.74, 6) is 0. The van der Waals surface area contributed by atoms with E-state index in [1.807, 2.05) is 25.2 Å². The molecule has 0 saturated heterocycles. The van der Waals surface area contributed by atoms with Crippen molar-refractivity contribution in [1.29, 1.82) is 0 Å². The fourth-order valence-electron chi connectivity index (χ4n) is 3.98. The summed E-state index contributed by atoms with van der Waals surface area (Å²) in [6.07, 6.45) is 4.15. The fraction of sp³-hybridized carbons (Fsp3) is 0.0909. The number of fused-ring (bicyclic) bond motifs is 5. The summed E-state index contributed by atoms with van der Waals surface area (Å²) in [5, 5.41) is 8.95. The third-order valence-electron chi connectivity index (χ3n) is 5.28. The van der Waals surface area contributed by atoms with E-state index in [9.17, 15) is 0 Å². The molecule has 0 radical (unpaired) electrons. The van der Waals surface area contributed by atoms with Crippen LogP contribution in [0.15, 0.2) is 60.9 Å². The number of benzene rings is 3. The normalized spacial score (nSPS) is 11.7. The Morgan fingerprint density at radius 2 is 1.69 bits per heavy atom. The number of aryl methyl sites for hydroxylation is 1. The van der Waals surface area contributed by atoms with E-state index in [1.54, 1.807) is 0 Å². The van der Waals surface area contributed by atoms with Gasteiger partial charge >= 0.3 is 0 Å². The zero-order valence-electron chi connectivity index (χ0n) is 14.6. The first-order valence-electron chi connectivity index (χ1n) is 8.63. The predicted molar refractivity (Wildman–Crippen MR) is 112 cm³/mol. The second-order valence-electron chi connectivity index (χ2n) is 6.62. The number of anilines is 1. The summed E-state index contributed by atoms with van der Waals surface area (Å²) in [5.41, 5.74) is 5.75. The van der Waals surface area contributed by atoms with Gasteiger partial charge in [-0.05, 0) is 35.9 Å². The molecule has 2 aromatic heterocycles. The van der Waals surface area contributed by atoms with Crippen molar-refractivity contribution in [2.24, 2.45) is 7.05 Å². The minimum Gasteiger partial charge on any atom is -0.388 e. The van der Waals surface area contributed by atoms with E-state index in [2.05, 4.69) is 64.6 Å². The van der Waals surface area contributed by atoms with E-state index in [-0.39, 0.29) is 0 Å². The highest BCUT2D eigenvalue weighted by Gasteiger charge is 2.17. The first-order chi connectivity index (χ1) is 12.7. The van der Waals surface area contributed by atoms with Crippen molar-refractivity contribution >= 4 is 49.9 Å². The molecule has 0 amide bonds. The van der Waals surface area contributed by atoms with Crippen molar-refractivity contribution < 1.29 is 0 Å². The highest BCUT2D eigenvalue weighted by atomic mass is 35.5. The molecule has 0 saturated carbocycles. The zero-order chi connectivity index (χ0) is 17.8. The van der Waals surface area contributed by atoms with Gasteiger partial charge in [0.25, 0.3) is 0 Å². The Hall–Kier alpha value is -2.91. The third kappa shape index (κ3) is 2.01. The Labute approximate surface area is 156 Å². The summed E-state index contributed by atoms with van der Waals surface area (Å²) >= 11 is 6.51. The molecule has 5 aromatic rings. The first-order valence-corrected chi connectivity index (χ1v) is 9.01. The van der Waals surface area contributed by atoms with Crippen molar-refractivity contribution in [3.63, 3.8) is 0 Å². The molecule has 3 aromatic carbocycles. The molecule has 0 aliphatic carbocycles. The van der Waals surface area contributed by atoms with Gasteiger partial charge in [0.1, 0.15) is 0 Å². The molecule has 0 atom stereocenters. The van der Waals surface area contributed by atoms with Crippen LogP contribution >= 0.6 is 11.6 Å². The molecule has 128 valence electrons. The number of hydrogen-bond acceptors (Lipinski definition) is 1. The SMILES string of the molecule is CNc1ccc2c(c1)c1c3c[nH]cc3c(-c3ccccc3Cl)cc1n2C. The van der Waals surface area contributed by atoms with Gasteiger partial charge in [-0.1, -0.05) is 29.8 Å². The molecular weight excluding hydrogens is 342 g/mol. The lowest BCUT2D eigenvalue weighted by Gasteiger charge is -2.08. The molecule has 0 aliphatic heterocycles. The van der Waals surface area contributed by atoms with Crippen LogP contribution in [0.3, 0.4) is 0 Å². The van der Waals surface area contributed by atoms with E-state index < -0.39 is 0 Å². The van der Waals surface area contributed by atoms with Crippen LogP contribution in [0.2, 0.25) is 5.02 Å². The lowest BCUT2D eigenvalue weighted by atomic mass is 9.97. The average molecular weight is 360 g/mol. The fourth-order valence-corrected chi connectivity index (χ4v) is 4.22. The maximum absolute atomic E-state index is 6.51. The largest absolute Gasteiger partial charge is 0.388 e. The van der Waals surface area contributed by atoms with Crippen molar-refractivity contribution in [2.75, 3.05) is 12.4 Å². The number of rotatable bonds is 2. The van der Waals surface area contributed by atoms with Crippen molar-refractivity contribution in [2.45, 2.75) is 0 Å². The summed E-state index contributed by atoms with van der Waals surface area (Å²) in [7, 11) is 4.08. The Balaban J connectivity index is 1.99.